The van der Waals surface area contributed by atoms with E-state index >= 15 is 0 Å². The number of hydrogen-bond acceptors (Lipinski definition) is 4. The minimum absolute atomic E-state index is 0.00909. The molecule has 0 unspecified atom stereocenters. The van der Waals surface area contributed by atoms with Gasteiger partial charge in [0, 0.05) is 11.0 Å². The van der Waals surface area contributed by atoms with Gasteiger partial charge >= 0.3 is 11.9 Å². The summed E-state index contributed by atoms with van der Waals surface area (Å²) < 4.78 is 6.37. The quantitative estimate of drug-likeness (QED) is 0.258. The Labute approximate surface area is 255 Å². The Morgan fingerprint density at radius 1 is 0.810 bits per heavy atom. The first kappa shape index (κ1) is 30.7. The molecule has 0 aromatic carbocycles. The largest absolute Gasteiger partial charge is 0.481 e. The molecule has 0 heterocycles. The highest BCUT2D eigenvalue weighted by molar-refractivity contribution is 5.75. The zero-order chi connectivity index (χ0) is 30.5. The van der Waals surface area contributed by atoms with E-state index in [9.17, 15) is 14.7 Å². The lowest BCUT2D eigenvalue weighted by atomic mass is 9.32. The van der Waals surface area contributed by atoms with E-state index in [1.807, 2.05) is 0 Å². The highest BCUT2D eigenvalue weighted by Gasteiger charge is 2.70. The summed E-state index contributed by atoms with van der Waals surface area (Å²) in [6.07, 6.45) is 14.4. The molecule has 0 radical (unpaired) electrons. The summed E-state index contributed by atoms with van der Waals surface area (Å²) in [5.74, 6) is 1.41. The van der Waals surface area contributed by atoms with Crippen molar-refractivity contribution in [3.8, 4) is 0 Å². The van der Waals surface area contributed by atoms with Crippen LogP contribution in [0.3, 0.4) is 0 Å². The molecule has 6 aliphatic carbocycles. The van der Waals surface area contributed by atoms with Crippen LogP contribution < -0.4 is 5.73 Å². The van der Waals surface area contributed by atoms with Gasteiger partial charge in [0.15, 0.2) is 0 Å². The van der Waals surface area contributed by atoms with Crippen molar-refractivity contribution in [2.24, 2.45) is 68.8 Å². The topological polar surface area (TPSA) is 89.6 Å². The van der Waals surface area contributed by atoms with Gasteiger partial charge in [0.2, 0.25) is 0 Å². The maximum Gasteiger partial charge on any atom is 0.309 e. The van der Waals surface area contributed by atoms with E-state index in [4.69, 9.17) is 10.5 Å². The van der Waals surface area contributed by atoms with Gasteiger partial charge in [-0.3, -0.25) is 9.59 Å². The zero-order valence-corrected chi connectivity index (χ0v) is 27.5. The average molecular weight is 582 g/mol. The fourth-order valence-electron chi connectivity index (χ4n) is 13.3. The molecule has 0 aromatic heterocycles. The summed E-state index contributed by atoms with van der Waals surface area (Å²) in [6.45, 7) is 19.4. The summed E-state index contributed by atoms with van der Waals surface area (Å²) in [4.78, 5) is 25.0. The van der Waals surface area contributed by atoms with Crippen LogP contribution in [0, 0.1) is 63.1 Å². The molecule has 5 heteroatoms. The van der Waals surface area contributed by atoms with Gasteiger partial charge < -0.3 is 15.6 Å². The standard InChI is InChI=1S/C37H59NO4/c1-22(2)25-13-18-37(38)20-19-35(6)26(30(25)37)11-12-28-34(5)16-15-29(33(3,4)27(34)14-17-36(28,35)7)42-32(41)24-10-8-9-23(21-24)31(39)40/h23-30H,1,8-21,38H2,2-7H3,(H,39,40)/t23-,24+,25+,26-,27+,28-,29+,30-,34+,35-,36-,37+/m1/s1. The third-order valence-electron chi connectivity index (χ3n) is 15.7. The smallest absolute Gasteiger partial charge is 0.309 e. The minimum atomic E-state index is -0.770. The molecule has 6 saturated carbocycles. The predicted octanol–water partition coefficient (Wildman–Crippen LogP) is 8.16. The van der Waals surface area contributed by atoms with E-state index in [1.54, 1.807) is 0 Å². The van der Waals surface area contributed by atoms with Crippen LogP contribution >= 0.6 is 0 Å². The van der Waals surface area contributed by atoms with Gasteiger partial charge in [-0.25, -0.2) is 0 Å². The molecular formula is C37H59NO4. The van der Waals surface area contributed by atoms with Crippen LogP contribution in [0.5, 0.6) is 0 Å². The van der Waals surface area contributed by atoms with Crippen LogP contribution in [0.2, 0.25) is 0 Å². The minimum Gasteiger partial charge on any atom is -0.481 e. The van der Waals surface area contributed by atoms with Crippen molar-refractivity contribution in [2.75, 3.05) is 0 Å². The lowest BCUT2D eigenvalue weighted by Crippen LogP contribution is -2.68. The number of rotatable bonds is 4. The number of allylic oxidation sites excluding steroid dienone is 1. The van der Waals surface area contributed by atoms with Gasteiger partial charge in [0.1, 0.15) is 6.10 Å². The van der Waals surface area contributed by atoms with Crippen molar-refractivity contribution < 1.29 is 19.4 Å². The normalized spacial score (nSPS) is 51.3. The Balaban J connectivity index is 1.23. The third kappa shape index (κ3) is 4.24. The van der Waals surface area contributed by atoms with E-state index in [2.05, 4.69) is 48.1 Å². The van der Waals surface area contributed by atoms with Crippen LogP contribution in [0.4, 0.5) is 0 Å². The first-order chi connectivity index (χ1) is 19.6. The fourth-order valence-corrected chi connectivity index (χ4v) is 13.3. The summed E-state index contributed by atoms with van der Waals surface area (Å²) in [5.41, 5.74) is 9.31. The molecular weight excluding hydrogens is 522 g/mol. The number of nitrogens with two attached hydrogens (primary N) is 1. The van der Waals surface area contributed by atoms with E-state index in [0.29, 0.717) is 47.8 Å². The van der Waals surface area contributed by atoms with Crippen LogP contribution in [0.25, 0.3) is 0 Å². The summed E-state index contributed by atoms with van der Waals surface area (Å²) >= 11 is 0. The average Bonchev–Trinajstić information content (AvgIpc) is 3.28. The summed E-state index contributed by atoms with van der Waals surface area (Å²) in [6, 6.07) is 0. The molecule has 3 N–H and O–H groups in total. The monoisotopic (exact) mass is 581 g/mol. The SMILES string of the molecule is C=C(C)[C@@H]1CC[C@]2(N)CC[C@]3(C)[C@H](CC[C@@H]4[C@@]5(C)CC[C@H](OC(=O)[C@H]6CCC[C@@H](C(=O)O)C6)C(C)(C)[C@@H]5CC[C@]43C)[C@@H]12. The van der Waals surface area contributed by atoms with Gasteiger partial charge in [0.25, 0.3) is 0 Å². The van der Waals surface area contributed by atoms with Gasteiger partial charge in [0.05, 0.1) is 11.8 Å². The van der Waals surface area contributed by atoms with Crippen LogP contribution in [-0.2, 0) is 14.3 Å². The number of carboxylic acid groups (broad SMARTS) is 1. The van der Waals surface area contributed by atoms with E-state index in [-0.39, 0.29) is 39.8 Å². The predicted molar refractivity (Wildman–Crippen MR) is 166 cm³/mol. The maximum atomic E-state index is 13.4. The van der Waals surface area contributed by atoms with Crippen molar-refractivity contribution in [1.29, 1.82) is 0 Å². The zero-order valence-electron chi connectivity index (χ0n) is 27.5. The van der Waals surface area contributed by atoms with E-state index in [0.717, 1.165) is 38.5 Å². The molecule has 6 aliphatic rings. The number of aliphatic carboxylic acids is 1. The number of hydrogen-bond donors (Lipinski definition) is 2. The van der Waals surface area contributed by atoms with Crippen LogP contribution in [0.15, 0.2) is 12.2 Å². The molecule has 12 atom stereocenters. The molecule has 6 rings (SSSR count). The molecule has 6 fully saturated rings. The molecule has 0 amide bonds. The molecule has 0 bridgehead atoms. The van der Waals surface area contributed by atoms with Gasteiger partial charge in [-0.05, 0) is 136 Å². The molecule has 236 valence electrons. The Morgan fingerprint density at radius 2 is 1.52 bits per heavy atom. The third-order valence-corrected chi connectivity index (χ3v) is 15.7. The summed E-state index contributed by atoms with van der Waals surface area (Å²) in [7, 11) is 0. The van der Waals surface area contributed by atoms with Crippen molar-refractivity contribution in [2.45, 2.75) is 143 Å². The van der Waals surface area contributed by atoms with Crippen molar-refractivity contribution >= 4 is 11.9 Å². The van der Waals surface area contributed by atoms with Gasteiger partial charge in [-0.2, -0.15) is 0 Å². The summed E-state index contributed by atoms with van der Waals surface area (Å²) in [5, 5.41) is 9.54. The van der Waals surface area contributed by atoms with E-state index < -0.39 is 11.9 Å². The Kier molecular flexibility index (Phi) is 7.35. The fraction of sp³-hybridized carbons (Fsp3) is 0.892. The van der Waals surface area contributed by atoms with Gasteiger partial charge in [-0.15, -0.1) is 0 Å². The second-order valence-corrected chi connectivity index (χ2v) is 17.6. The highest BCUT2D eigenvalue weighted by atomic mass is 16.5. The molecule has 5 nitrogen and oxygen atoms in total. The molecule has 42 heavy (non-hydrogen) atoms. The van der Waals surface area contributed by atoms with Gasteiger partial charge in [-0.1, -0.05) is 53.2 Å². The van der Waals surface area contributed by atoms with Crippen molar-refractivity contribution in [3.05, 3.63) is 12.2 Å². The van der Waals surface area contributed by atoms with Crippen molar-refractivity contribution in [1.82, 2.24) is 0 Å². The number of carbonyl (C=O) groups is 2. The second kappa shape index (κ2) is 10.1. The van der Waals surface area contributed by atoms with E-state index in [1.165, 1.54) is 44.1 Å². The Bertz CT molecular complexity index is 1130. The molecule has 0 aliphatic heterocycles. The second-order valence-electron chi connectivity index (χ2n) is 17.6. The lowest BCUT2D eigenvalue weighted by molar-refractivity contribution is -0.245. The van der Waals surface area contributed by atoms with Crippen molar-refractivity contribution in [3.63, 3.8) is 0 Å². The molecule has 0 aromatic rings. The highest BCUT2D eigenvalue weighted by Crippen LogP contribution is 2.76. The van der Waals surface area contributed by atoms with Crippen LogP contribution in [-0.4, -0.2) is 28.7 Å². The Morgan fingerprint density at radius 3 is 2.21 bits per heavy atom. The lowest BCUT2D eigenvalue weighted by Gasteiger charge is -2.72. The molecule has 0 spiro atoms. The number of carboxylic acids is 1. The maximum absolute atomic E-state index is 13.4. The number of ether oxygens (including phenoxy) is 1. The number of fused-ring (bicyclic) bond motifs is 7. The Hall–Kier alpha value is -1.36. The van der Waals surface area contributed by atoms with Crippen LogP contribution in [0.1, 0.15) is 131 Å². The number of esters is 1. The first-order valence-electron chi connectivity index (χ1n) is 17.5. The first-order valence-corrected chi connectivity index (χ1v) is 17.5. The molecule has 0 saturated heterocycles. The number of carbonyl (C=O) groups excluding carboxylic acids is 1.